The lowest BCUT2D eigenvalue weighted by Crippen LogP contribution is -2.26. The molecule has 0 saturated carbocycles. The number of nitrogens with zero attached hydrogens (tertiary/aromatic N) is 2. The molecule has 0 unspecified atom stereocenters. The highest BCUT2D eigenvalue weighted by atomic mass is 32.2. The van der Waals surface area contributed by atoms with E-state index in [9.17, 15) is 14.0 Å². The van der Waals surface area contributed by atoms with E-state index in [1.165, 1.54) is 24.1 Å². The van der Waals surface area contributed by atoms with Gasteiger partial charge in [-0.15, -0.1) is 0 Å². The van der Waals surface area contributed by atoms with E-state index < -0.39 is 5.91 Å². The molecule has 0 spiro atoms. The van der Waals surface area contributed by atoms with Crippen molar-refractivity contribution in [3.05, 3.63) is 75.8 Å². The van der Waals surface area contributed by atoms with Gasteiger partial charge < -0.3 is 10.3 Å². The Balaban J connectivity index is 1.82. The van der Waals surface area contributed by atoms with Gasteiger partial charge in [-0.2, -0.15) is 11.8 Å². The van der Waals surface area contributed by atoms with Gasteiger partial charge in [0.15, 0.2) is 0 Å². The van der Waals surface area contributed by atoms with E-state index in [1.54, 1.807) is 16.7 Å². The van der Waals surface area contributed by atoms with Crippen LogP contribution in [0.5, 0.6) is 0 Å². The zero-order valence-electron chi connectivity index (χ0n) is 15.9. The van der Waals surface area contributed by atoms with E-state index in [-0.39, 0.29) is 16.8 Å². The van der Waals surface area contributed by atoms with E-state index in [4.69, 9.17) is 5.73 Å². The van der Waals surface area contributed by atoms with Crippen molar-refractivity contribution in [3.8, 4) is 5.69 Å². The summed E-state index contributed by atoms with van der Waals surface area (Å²) >= 11 is 1.97. The molecule has 1 aliphatic heterocycles. The molecule has 0 radical (unpaired) electrons. The first kappa shape index (κ1) is 19.7. The lowest BCUT2D eigenvalue weighted by atomic mass is 10.1. The minimum Gasteiger partial charge on any atom is -0.365 e. The molecular formula is C22H22FN3O2S. The molecule has 2 aromatic carbocycles. The van der Waals surface area contributed by atoms with Crippen molar-refractivity contribution in [3.63, 3.8) is 0 Å². The summed E-state index contributed by atoms with van der Waals surface area (Å²) < 4.78 is 15.1. The standard InChI is InChI=1S/C22H22FN3O2S/c23-16-3-5-17(6-4-16)26-14-19(22(24)28)21(27)18-12-15(2-7-20(18)26)13-25-8-1-10-29-11-9-25/h2-7,12,14H,1,8-11,13H2,(H2,24,28). The number of aromatic nitrogens is 1. The third-order valence-corrected chi connectivity index (χ3v) is 6.21. The van der Waals surface area contributed by atoms with E-state index in [2.05, 4.69) is 4.90 Å². The smallest absolute Gasteiger partial charge is 0.254 e. The van der Waals surface area contributed by atoms with Gasteiger partial charge >= 0.3 is 0 Å². The number of carbonyl (C=O) groups excluding carboxylic acids is 1. The highest BCUT2D eigenvalue weighted by Crippen LogP contribution is 2.21. The molecule has 2 N–H and O–H groups in total. The van der Waals surface area contributed by atoms with Crippen LogP contribution in [0.15, 0.2) is 53.5 Å². The second kappa shape index (κ2) is 8.39. The molecule has 4 rings (SSSR count). The van der Waals surface area contributed by atoms with Crippen LogP contribution in [0.2, 0.25) is 0 Å². The molecule has 1 saturated heterocycles. The average molecular weight is 412 g/mol. The van der Waals surface area contributed by atoms with Crippen molar-refractivity contribution in [2.45, 2.75) is 13.0 Å². The van der Waals surface area contributed by atoms with Crippen molar-refractivity contribution >= 4 is 28.6 Å². The monoisotopic (exact) mass is 411 g/mol. The summed E-state index contributed by atoms with van der Waals surface area (Å²) in [6.45, 7) is 2.81. The van der Waals surface area contributed by atoms with Crippen LogP contribution in [0.25, 0.3) is 16.6 Å². The molecule has 0 atom stereocenters. The lowest BCUT2D eigenvalue weighted by molar-refractivity contribution is 0.0999. The van der Waals surface area contributed by atoms with Crippen LogP contribution in [0, 0.1) is 5.82 Å². The molecule has 0 bridgehead atoms. The van der Waals surface area contributed by atoms with Crippen molar-refractivity contribution in [2.24, 2.45) is 5.73 Å². The van der Waals surface area contributed by atoms with Crippen molar-refractivity contribution in [1.82, 2.24) is 9.47 Å². The van der Waals surface area contributed by atoms with Gasteiger partial charge in [-0.1, -0.05) is 6.07 Å². The maximum atomic E-state index is 13.4. The number of carbonyl (C=O) groups is 1. The number of thioether (sulfide) groups is 1. The Morgan fingerprint density at radius 2 is 1.90 bits per heavy atom. The minimum absolute atomic E-state index is 0.0786. The van der Waals surface area contributed by atoms with Gasteiger partial charge in [0.05, 0.1) is 5.52 Å². The Labute approximate surface area is 172 Å². The summed E-state index contributed by atoms with van der Waals surface area (Å²) in [4.78, 5) is 27.2. The van der Waals surface area contributed by atoms with Crippen molar-refractivity contribution < 1.29 is 9.18 Å². The molecular weight excluding hydrogens is 389 g/mol. The molecule has 2 heterocycles. The maximum absolute atomic E-state index is 13.4. The predicted octanol–water partition coefficient (Wildman–Crippen LogP) is 3.17. The fraction of sp³-hybridized carbons (Fsp3) is 0.273. The van der Waals surface area contributed by atoms with Crippen LogP contribution < -0.4 is 11.2 Å². The first-order valence-electron chi connectivity index (χ1n) is 9.57. The summed E-state index contributed by atoms with van der Waals surface area (Å²) in [7, 11) is 0. The van der Waals surface area contributed by atoms with Gasteiger partial charge in [-0.3, -0.25) is 14.5 Å². The van der Waals surface area contributed by atoms with E-state index in [1.807, 2.05) is 30.0 Å². The highest BCUT2D eigenvalue weighted by Gasteiger charge is 2.16. The second-order valence-corrected chi connectivity index (χ2v) is 8.40. The minimum atomic E-state index is -0.775. The largest absolute Gasteiger partial charge is 0.365 e. The topological polar surface area (TPSA) is 68.3 Å². The third-order valence-electron chi connectivity index (χ3n) is 5.16. The van der Waals surface area contributed by atoms with Crippen LogP contribution in [-0.2, 0) is 6.54 Å². The van der Waals surface area contributed by atoms with Crippen LogP contribution in [0.4, 0.5) is 4.39 Å². The number of fused-ring (bicyclic) bond motifs is 1. The highest BCUT2D eigenvalue weighted by molar-refractivity contribution is 7.99. The molecule has 1 fully saturated rings. The van der Waals surface area contributed by atoms with Crippen LogP contribution in [0.3, 0.4) is 0 Å². The molecule has 29 heavy (non-hydrogen) atoms. The first-order valence-corrected chi connectivity index (χ1v) is 10.7. The number of hydrogen-bond acceptors (Lipinski definition) is 4. The van der Waals surface area contributed by atoms with Gasteiger partial charge in [0.1, 0.15) is 11.4 Å². The Morgan fingerprint density at radius 3 is 2.66 bits per heavy atom. The lowest BCUT2D eigenvalue weighted by Gasteiger charge is -2.20. The SMILES string of the molecule is NC(=O)c1cn(-c2ccc(F)cc2)c2ccc(CN3CCCSCC3)cc2c1=O. The van der Waals surface area contributed by atoms with Crippen LogP contribution in [0.1, 0.15) is 22.3 Å². The second-order valence-electron chi connectivity index (χ2n) is 7.18. The van der Waals surface area contributed by atoms with Gasteiger partial charge in [-0.05, 0) is 60.7 Å². The Hall–Kier alpha value is -2.64. The fourth-order valence-electron chi connectivity index (χ4n) is 3.68. The number of benzene rings is 2. The van der Waals surface area contributed by atoms with Crippen molar-refractivity contribution in [2.75, 3.05) is 24.6 Å². The molecule has 5 nitrogen and oxygen atoms in total. The molecule has 150 valence electrons. The molecule has 3 aromatic rings. The summed E-state index contributed by atoms with van der Waals surface area (Å²) in [6.07, 6.45) is 2.59. The van der Waals surface area contributed by atoms with Gasteiger partial charge in [-0.25, -0.2) is 4.39 Å². The normalized spacial score (nSPS) is 15.3. The number of nitrogens with two attached hydrogens (primary N) is 1. The van der Waals surface area contributed by atoms with E-state index >= 15 is 0 Å². The third kappa shape index (κ3) is 4.21. The molecule has 0 aliphatic carbocycles. The summed E-state index contributed by atoms with van der Waals surface area (Å²) in [5.74, 6) is 1.16. The summed E-state index contributed by atoms with van der Waals surface area (Å²) in [5.41, 5.74) is 7.33. The zero-order chi connectivity index (χ0) is 20.4. The van der Waals surface area contributed by atoms with Crippen LogP contribution >= 0.6 is 11.8 Å². The van der Waals surface area contributed by atoms with Gasteiger partial charge in [0, 0.05) is 36.1 Å². The van der Waals surface area contributed by atoms with E-state index in [0.717, 1.165) is 37.4 Å². The Kier molecular flexibility index (Phi) is 5.69. The summed E-state index contributed by atoms with van der Waals surface area (Å²) in [6, 6.07) is 11.6. The molecule has 7 heteroatoms. The number of rotatable bonds is 4. The number of primary amides is 1. The fourth-order valence-corrected chi connectivity index (χ4v) is 4.61. The van der Waals surface area contributed by atoms with Gasteiger partial charge in [0.2, 0.25) is 5.43 Å². The van der Waals surface area contributed by atoms with Gasteiger partial charge in [0.25, 0.3) is 5.91 Å². The predicted molar refractivity (Wildman–Crippen MR) is 115 cm³/mol. The Bertz CT molecular complexity index is 1100. The molecule has 1 aromatic heterocycles. The molecule has 1 aliphatic rings. The van der Waals surface area contributed by atoms with E-state index in [0.29, 0.717) is 16.6 Å². The maximum Gasteiger partial charge on any atom is 0.254 e. The Morgan fingerprint density at radius 1 is 1.10 bits per heavy atom. The molecule has 1 amide bonds. The number of halogens is 1. The number of amides is 1. The first-order chi connectivity index (χ1) is 14.0. The van der Waals surface area contributed by atoms with Crippen molar-refractivity contribution in [1.29, 1.82) is 0 Å². The summed E-state index contributed by atoms with van der Waals surface area (Å²) in [5, 5.41) is 0.437. The zero-order valence-corrected chi connectivity index (χ0v) is 16.8. The van der Waals surface area contributed by atoms with Crippen LogP contribution in [-0.4, -0.2) is 40.0 Å². The number of hydrogen-bond donors (Lipinski definition) is 1. The quantitative estimate of drug-likeness (QED) is 0.716. The number of pyridine rings is 1. The average Bonchev–Trinajstić information content (AvgIpc) is 2.98.